The Hall–Kier alpha value is -1.81. The number of fused-ring (bicyclic) bond motifs is 1. The van der Waals surface area contributed by atoms with Gasteiger partial charge >= 0.3 is 0 Å². The molecular weight excluding hydrogens is 302 g/mol. The fourth-order valence-corrected chi connectivity index (χ4v) is 3.90. The van der Waals surface area contributed by atoms with Crippen molar-refractivity contribution in [3.05, 3.63) is 41.1 Å². The summed E-state index contributed by atoms with van der Waals surface area (Å²) in [5, 5.41) is 1.31. The molecule has 0 fully saturated rings. The molecule has 0 spiro atoms. The molecule has 2 aromatic rings. The standard InChI is InChI=1S/C24H33N/c1-7-10-21-12-11-18(5)23-22(13-14-25-24(21)23)19(6)16-20(9-3)15-17(4)8-2/h11-14,17,19-20H,8-9,15-16H2,1-6H3. The molecule has 0 saturated heterocycles. The number of hydrogen-bond donors (Lipinski definition) is 0. The molecule has 3 atom stereocenters. The van der Waals surface area contributed by atoms with Gasteiger partial charge in [0.15, 0.2) is 0 Å². The van der Waals surface area contributed by atoms with Crippen molar-refractivity contribution >= 4 is 10.9 Å². The molecule has 134 valence electrons. The van der Waals surface area contributed by atoms with Crippen molar-refractivity contribution in [2.45, 2.75) is 73.1 Å². The zero-order valence-corrected chi connectivity index (χ0v) is 16.8. The van der Waals surface area contributed by atoms with Crippen LogP contribution in [-0.4, -0.2) is 4.98 Å². The van der Waals surface area contributed by atoms with E-state index >= 15 is 0 Å². The molecule has 0 radical (unpaired) electrons. The average Bonchev–Trinajstić information content (AvgIpc) is 2.62. The van der Waals surface area contributed by atoms with Gasteiger partial charge in [-0.05, 0) is 67.7 Å². The van der Waals surface area contributed by atoms with Gasteiger partial charge in [-0.1, -0.05) is 52.5 Å². The Bertz CT molecular complexity index is 763. The van der Waals surface area contributed by atoms with Crippen LogP contribution in [0.3, 0.4) is 0 Å². The van der Waals surface area contributed by atoms with Crippen molar-refractivity contribution in [3.8, 4) is 11.8 Å². The molecule has 1 aromatic heterocycles. The minimum absolute atomic E-state index is 0.544. The number of pyridine rings is 1. The van der Waals surface area contributed by atoms with Gasteiger partial charge < -0.3 is 0 Å². The van der Waals surface area contributed by atoms with E-state index in [4.69, 9.17) is 0 Å². The predicted octanol–water partition coefficient (Wildman–Crippen LogP) is 6.87. The lowest BCUT2D eigenvalue weighted by Gasteiger charge is -2.24. The molecule has 1 heterocycles. The van der Waals surface area contributed by atoms with Gasteiger partial charge in [0.1, 0.15) is 0 Å². The predicted molar refractivity (Wildman–Crippen MR) is 110 cm³/mol. The van der Waals surface area contributed by atoms with Crippen LogP contribution in [0.5, 0.6) is 0 Å². The number of nitrogens with zero attached hydrogens (tertiary/aromatic N) is 1. The normalized spacial score (nSPS) is 14.6. The van der Waals surface area contributed by atoms with Gasteiger partial charge in [0, 0.05) is 11.6 Å². The molecule has 0 aliphatic rings. The molecule has 0 saturated carbocycles. The lowest BCUT2D eigenvalue weighted by atomic mass is 9.82. The highest BCUT2D eigenvalue weighted by Crippen LogP contribution is 2.34. The van der Waals surface area contributed by atoms with E-state index in [1.54, 1.807) is 0 Å². The maximum atomic E-state index is 4.66. The smallest absolute Gasteiger partial charge is 0.0863 e. The van der Waals surface area contributed by atoms with Gasteiger partial charge in [-0.25, -0.2) is 0 Å². The zero-order chi connectivity index (χ0) is 18.4. The summed E-state index contributed by atoms with van der Waals surface area (Å²) in [6.07, 6.45) is 7.10. The molecule has 1 heteroatoms. The van der Waals surface area contributed by atoms with E-state index in [9.17, 15) is 0 Å². The quantitative estimate of drug-likeness (QED) is 0.503. The van der Waals surface area contributed by atoms with Gasteiger partial charge in [0.25, 0.3) is 0 Å². The Labute approximate surface area is 154 Å². The van der Waals surface area contributed by atoms with E-state index in [1.165, 1.54) is 42.2 Å². The fourth-order valence-electron chi connectivity index (χ4n) is 3.90. The van der Waals surface area contributed by atoms with Gasteiger partial charge in [-0.15, -0.1) is 5.92 Å². The highest BCUT2D eigenvalue weighted by Gasteiger charge is 2.18. The minimum Gasteiger partial charge on any atom is -0.255 e. The number of rotatable bonds is 7. The topological polar surface area (TPSA) is 12.9 Å². The molecule has 0 amide bonds. The SMILES string of the molecule is CC#Cc1ccc(C)c2c(C(C)CC(CC)CC(C)CC)ccnc12. The Morgan fingerprint density at radius 3 is 2.44 bits per heavy atom. The third-order valence-electron chi connectivity index (χ3n) is 5.62. The first-order valence-corrected chi connectivity index (χ1v) is 9.82. The van der Waals surface area contributed by atoms with E-state index in [-0.39, 0.29) is 0 Å². The molecule has 1 nitrogen and oxygen atoms in total. The van der Waals surface area contributed by atoms with Crippen LogP contribution in [0, 0.1) is 30.6 Å². The summed E-state index contributed by atoms with van der Waals surface area (Å²) < 4.78 is 0. The molecule has 1 aromatic carbocycles. The van der Waals surface area contributed by atoms with Crippen molar-refractivity contribution in [1.29, 1.82) is 0 Å². The molecule has 2 rings (SSSR count). The Balaban J connectivity index is 2.39. The van der Waals surface area contributed by atoms with E-state index < -0.39 is 0 Å². The lowest BCUT2D eigenvalue weighted by molar-refractivity contribution is 0.338. The Morgan fingerprint density at radius 1 is 1.04 bits per heavy atom. The first-order chi connectivity index (χ1) is 12.0. The molecular formula is C24H33N. The van der Waals surface area contributed by atoms with Crippen molar-refractivity contribution in [3.63, 3.8) is 0 Å². The summed E-state index contributed by atoms with van der Waals surface area (Å²) in [5.41, 5.74) is 4.85. The third-order valence-corrected chi connectivity index (χ3v) is 5.62. The fraction of sp³-hybridized carbons (Fsp3) is 0.542. The van der Waals surface area contributed by atoms with Crippen molar-refractivity contribution in [2.75, 3.05) is 0 Å². The van der Waals surface area contributed by atoms with Crippen molar-refractivity contribution < 1.29 is 0 Å². The Kier molecular flexibility index (Phi) is 7.06. The number of aromatic nitrogens is 1. The van der Waals surface area contributed by atoms with Gasteiger partial charge in [-0.3, -0.25) is 4.98 Å². The van der Waals surface area contributed by atoms with E-state index in [0.29, 0.717) is 5.92 Å². The second kappa shape index (κ2) is 9.04. The molecule has 25 heavy (non-hydrogen) atoms. The number of aryl methyl sites for hydroxylation is 1. The first kappa shape index (κ1) is 19.5. The largest absolute Gasteiger partial charge is 0.255 e. The van der Waals surface area contributed by atoms with Crippen LogP contribution in [0.2, 0.25) is 0 Å². The third kappa shape index (κ3) is 4.63. The van der Waals surface area contributed by atoms with Gasteiger partial charge in [0.2, 0.25) is 0 Å². The lowest BCUT2D eigenvalue weighted by Crippen LogP contribution is -2.10. The van der Waals surface area contributed by atoms with Crippen LogP contribution in [0.25, 0.3) is 10.9 Å². The summed E-state index contributed by atoms with van der Waals surface area (Å²) in [6, 6.07) is 6.52. The highest BCUT2D eigenvalue weighted by atomic mass is 14.7. The summed E-state index contributed by atoms with van der Waals surface area (Å²) in [6.45, 7) is 13.5. The van der Waals surface area contributed by atoms with Crippen LogP contribution in [0.15, 0.2) is 24.4 Å². The molecule has 0 aliphatic heterocycles. The number of hydrogen-bond acceptors (Lipinski definition) is 1. The summed E-state index contributed by atoms with van der Waals surface area (Å²) >= 11 is 0. The summed E-state index contributed by atoms with van der Waals surface area (Å²) in [7, 11) is 0. The van der Waals surface area contributed by atoms with E-state index in [2.05, 4.69) is 69.6 Å². The second-order valence-corrected chi connectivity index (χ2v) is 7.59. The van der Waals surface area contributed by atoms with Crippen LogP contribution in [0.4, 0.5) is 0 Å². The second-order valence-electron chi connectivity index (χ2n) is 7.59. The van der Waals surface area contributed by atoms with E-state index in [0.717, 1.165) is 22.9 Å². The molecule has 0 bridgehead atoms. The maximum Gasteiger partial charge on any atom is 0.0863 e. The Morgan fingerprint density at radius 2 is 1.80 bits per heavy atom. The highest BCUT2D eigenvalue weighted by molar-refractivity contribution is 5.90. The van der Waals surface area contributed by atoms with E-state index in [1.807, 2.05) is 13.1 Å². The first-order valence-electron chi connectivity index (χ1n) is 9.82. The molecule has 0 N–H and O–H groups in total. The van der Waals surface area contributed by atoms with Crippen LogP contribution < -0.4 is 0 Å². The van der Waals surface area contributed by atoms with Crippen molar-refractivity contribution in [2.24, 2.45) is 11.8 Å². The summed E-state index contributed by atoms with van der Waals surface area (Å²) in [4.78, 5) is 4.66. The number of benzene rings is 1. The maximum absolute atomic E-state index is 4.66. The zero-order valence-electron chi connectivity index (χ0n) is 16.8. The monoisotopic (exact) mass is 335 g/mol. The van der Waals surface area contributed by atoms with Crippen LogP contribution >= 0.6 is 0 Å². The molecule has 3 unspecified atom stereocenters. The van der Waals surface area contributed by atoms with Crippen LogP contribution in [-0.2, 0) is 0 Å². The van der Waals surface area contributed by atoms with Gasteiger partial charge in [0.05, 0.1) is 11.1 Å². The minimum atomic E-state index is 0.544. The van der Waals surface area contributed by atoms with Crippen LogP contribution in [0.1, 0.15) is 82.9 Å². The van der Waals surface area contributed by atoms with Crippen molar-refractivity contribution in [1.82, 2.24) is 4.98 Å². The summed E-state index contributed by atoms with van der Waals surface area (Å²) in [5.74, 6) is 8.40. The molecule has 0 aliphatic carbocycles. The van der Waals surface area contributed by atoms with Gasteiger partial charge in [-0.2, -0.15) is 0 Å². The average molecular weight is 336 g/mol.